The molecule has 186 valence electrons. The molecule has 0 heterocycles. The normalized spacial score (nSPS) is 10.9. The van der Waals surface area contributed by atoms with Gasteiger partial charge in [0.1, 0.15) is 25.4 Å². The van der Waals surface area contributed by atoms with E-state index in [1.807, 2.05) is 27.7 Å². The highest BCUT2D eigenvalue weighted by atomic mass is 33.1. The van der Waals surface area contributed by atoms with Crippen LogP contribution in [0.15, 0.2) is 0 Å². The second-order valence-corrected chi connectivity index (χ2v) is 10.4. The van der Waals surface area contributed by atoms with Gasteiger partial charge in [-0.1, -0.05) is 75.0 Å². The van der Waals surface area contributed by atoms with Crippen molar-refractivity contribution in [2.45, 2.75) is 85.5 Å². The number of esters is 1. The van der Waals surface area contributed by atoms with Crippen molar-refractivity contribution in [1.82, 2.24) is 5.32 Å². The summed E-state index contributed by atoms with van der Waals surface area (Å²) in [5.41, 5.74) is 0. The Labute approximate surface area is 201 Å². The quantitative estimate of drug-likeness (QED) is 0.109. The predicted octanol–water partition coefficient (Wildman–Crippen LogP) is 5.56. The highest BCUT2D eigenvalue weighted by Gasteiger charge is 2.21. The molecular formula is C23H41NO6S2. The fourth-order valence-corrected chi connectivity index (χ4v) is 4.97. The first kappa shape index (κ1) is 30.8. The molecule has 2 amide bonds. The molecule has 0 spiro atoms. The van der Waals surface area contributed by atoms with Crippen LogP contribution >= 0.6 is 21.6 Å². The predicted molar refractivity (Wildman–Crippen MR) is 132 cm³/mol. The number of Topliss-reactive ketones (excluding diaryl/α,β-unsaturated/α-hetero) is 1. The third kappa shape index (κ3) is 15.6. The van der Waals surface area contributed by atoms with Crippen LogP contribution in [0.5, 0.6) is 0 Å². The van der Waals surface area contributed by atoms with Gasteiger partial charge in [-0.2, -0.15) is 0 Å². The highest BCUT2D eigenvalue weighted by Crippen LogP contribution is 2.21. The Morgan fingerprint density at radius 1 is 0.719 bits per heavy atom. The number of nitrogens with one attached hydrogen (secondary N) is 1. The van der Waals surface area contributed by atoms with Crippen LogP contribution in [-0.2, 0) is 23.9 Å². The fraction of sp³-hybridized carbons (Fsp3) is 0.826. The zero-order chi connectivity index (χ0) is 24.2. The highest BCUT2D eigenvalue weighted by molar-refractivity contribution is 8.76. The average Bonchev–Trinajstić information content (AvgIpc) is 2.75. The molecule has 0 atom stereocenters. The zero-order valence-electron chi connectivity index (χ0n) is 20.1. The minimum atomic E-state index is -0.708. The Hall–Kier alpha value is -1.22. The van der Waals surface area contributed by atoms with Crippen LogP contribution in [0.25, 0.3) is 0 Å². The van der Waals surface area contributed by atoms with E-state index in [0.29, 0.717) is 11.5 Å². The molecule has 0 aromatic heterocycles. The molecule has 0 bridgehead atoms. The zero-order valence-corrected chi connectivity index (χ0v) is 21.7. The molecule has 7 nitrogen and oxygen atoms in total. The lowest BCUT2D eigenvalue weighted by Gasteiger charge is -2.14. The molecule has 0 aromatic carbocycles. The lowest BCUT2D eigenvalue weighted by molar-refractivity contribution is -0.146. The van der Waals surface area contributed by atoms with Crippen molar-refractivity contribution in [3.63, 3.8) is 0 Å². The van der Waals surface area contributed by atoms with Crippen molar-refractivity contribution in [2.24, 2.45) is 11.8 Å². The van der Waals surface area contributed by atoms with Crippen molar-refractivity contribution in [2.75, 3.05) is 24.7 Å². The average molecular weight is 492 g/mol. The fourth-order valence-electron chi connectivity index (χ4n) is 3.32. The molecule has 1 N–H and O–H groups in total. The summed E-state index contributed by atoms with van der Waals surface area (Å²) in [5.74, 6) is 0.193. The van der Waals surface area contributed by atoms with Gasteiger partial charge in [0.2, 0.25) is 5.91 Å². The molecule has 0 fully saturated rings. The molecular weight excluding hydrogens is 450 g/mol. The summed E-state index contributed by atoms with van der Waals surface area (Å²) in [7, 11) is 2.99. The maximum absolute atomic E-state index is 12.2. The molecule has 0 aliphatic carbocycles. The van der Waals surface area contributed by atoms with Crippen LogP contribution in [-0.4, -0.2) is 48.5 Å². The molecule has 9 heteroatoms. The Morgan fingerprint density at radius 2 is 1.19 bits per heavy atom. The first-order valence-electron chi connectivity index (χ1n) is 11.8. The van der Waals surface area contributed by atoms with Crippen molar-refractivity contribution in [1.29, 1.82) is 0 Å². The van der Waals surface area contributed by atoms with Crippen molar-refractivity contribution < 1.29 is 28.7 Å². The SMILES string of the molecule is CCCC(CCC)C(=O)CC(=O)OCCSSCCOC(=O)NC(=O)C(CCC)CCC. The summed E-state index contributed by atoms with van der Waals surface area (Å²) in [6.07, 6.45) is 5.94. The van der Waals surface area contributed by atoms with Crippen LogP contribution in [0.2, 0.25) is 0 Å². The second-order valence-electron chi connectivity index (χ2n) is 7.68. The number of carbonyl (C=O) groups excluding carboxylic acids is 4. The van der Waals surface area contributed by atoms with E-state index in [2.05, 4.69) is 5.32 Å². The first-order valence-corrected chi connectivity index (χ1v) is 14.3. The number of alkyl carbamates (subject to hydrolysis) is 1. The van der Waals surface area contributed by atoms with Gasteiger partial charge in [-0.15, -0.1) is 0 Å². The number of ether oxygens (including phenoxy) is 2. The van der Waals surface area contributed by atoms with E-state index in [0.717, 1.165) is 51.4 Å². The van der Waals surface area contributed by atoms with E-state index in [1.165, 1.54) is 21.6 Å². The van der Waals surface area contributed by atoms with E-state index in [-0.39, 0.29) is 43.2 Å². The monoisotopic (exact) mass is 491 g/mol. The molecule has 0 saturated carbocycles. The number of amides is 2. The van der Waals surface area contributed by atoms with Gasteiger partial charge in [-0.05, 0) is 25.7 Å². The van der Waals surface area contributed by atoms with Crippen LogP contribution in [0.4, 0.5) is 4.79 Å². The lowest BCUT2D eigenvalue weighted by atomic mass is 9.92. The summed E-state index contributed by atoms with van der Waals surface area (Å²) in [4.78, 5) is 47.9. The van der Waals surface area contributed by atoms with Gasteiger partial charge in [0.15, 0.2) is 0 Å². The van der Waals surface area contributed by atoms with E-state index in [1.54, 1.807) is 0 Å². The minimum Gasteiger partial charge on any atom is -0.464 e. The third-order valence-corrected chi connectivity index (χ3v) is 7.16. The molecule has 0 aromatic rings. The number of hydrogen-bond acceptors (Lipinski definition) is 8. The number of imide groups is 1. The molecule has 0 unspecified atom stereocenters. The number of hydrogen-bond donors (Lipinski definition) is 1. The van der Waals surface area contributed by atoms with Gasteiger partial charge >= 0.3 is 12.1 Å². The van der Waals surface area contributed by atoms with E-state index >= 15 is 0 Å². The van der Waals surface area contributed by atoms with Crippen molar-refractivity contribution >= 4 is 45.3 Å². The van der Waals surface area contributed by atoms with Gasteiger partial charge in [0.05, 0.1) is 0 Å². The maximum Gasteiger partial charge on any atom is 0.413 e. The minimum absolute atomic E-state index is 0.0228. The first-order chi connectivity index (χ1) is 15.4. The van der Waals surface area contributed by atoms with Crippen LogP contribution in [0.3, 0.4) is 0 Å². The van der Waals surface area contributed by atoms with Gasteiger partial charge in [0.25, 0.3) is 0 Å². The molecule has 0 radical (unpaired) electrons. The number of rotatable bonds is 19. The largest absolute Gasteiger partial charge is 0.464 e. The summed E-state index contributed by atoms with van der Waals surface area (Å²) in [6, 6.07) is 0. The Balaban J connectivity index is 3.84. The van der Waals surface area contributed by atoms with Gasteiger partial charge < -0.3 is 9.47 Å². The molecule has 0 aliphatic heterocycles. The van der Waals surface area contributed by atoms with E-state index in [4.69, 9.17) is 9.47 Å². The van der Waals surface area contributed by atoms with Crippen LogP contribution in [0, 0.1) is 11.8 Å². The standard InChI is InChI=1S/C23H41NO6S2/c1-5-9-18(10-6-2)20(25)17-21(26)29-13-15-31-32-16-14-30-23(28)24-22(27)19(11-7-3)12-8-4/h18-19H,5-17H2,1-4H3,(H,24,27,28). The maximum atomic E-state index is 12.2. The summed E-state index contributed by atoms with van der Waals surface area (Å²) in [5, 5.41) is 2.31. The molecule has 32 heavy (non-hydrogen) atoms. The van der Waals surface area contributed by atoms with E-state index in [9.17, 15) is 19.2 Å². The Bertz CT molecular complexity index is 499. The number of carbonyl (C=O) groups is 4. The topological polar surface area (TPSA) is 98.8 Å². The van der Waals surface area contributed by atoms with Crippen molar-refractivity contribution in [3.8, 4) is 0 Å². The van der Waals surface area contributed by atoms with Gasteiger partial charge in [0, 0.05) is 23.3 Å². The smallest absolute Gasteiger partial charge is 0.413 e. The van der Waals surface area contributed by atoms with E-state index < -0.39 is 12.1 Å². The second kappa shape index (κ2) is 20.4. The Kier molecular flexibility index (Phi) is 19.6. The number of ketones is 1. The molecule has 0 saturated heterocycles. The lowest BCUT2D eigenvalue weighted by Crippen LogP contribution is -2.36. The summed E-state index contributed by atoms with van der Waals surface area (Å²) < 4.78 is 10.2. The Morgan fingerprint density at radius 3 is 1.69 bits per heavy atom. The third-order valence-electron chi connectivity index (χ3n) is 4.83. The van der Waals surface area contributed by atoms with Gasteiger partial charge in [-0.25, -0.2) is 4.79 Å². The molecule has 0 rings (SSSR count). The summed E-state index contributed by atoms with van der Waals surface area (Å²) in [6.45, 7) is 8.53. The van der Waals surface area contributed by atoms with Crippen LogP contribution < -0.4 is 5.32 Å². The van der Waals surface area contributed by atoms with Crippen molar-refractivity contribution in [3.05, 3.63) is 0 Å². The van der Waals surface area contributed by atoms with Crippen LogP contribution in [0.1, 0.15) is 85.5 Å². The molecule has 0 aliphatic rings. The van der Waals surface area contributed by atoms with Gasteiger partial charge in [-0.3, -0.25) is 19.7 Å². The summed E-state index contributed by atoms with van der Waals surface area (Å²) >= 11 is 0.